The van der Waals surface area contributed by atoms with E-state index in [9.17, 15) is 4.79 Å². The number of para-hydroxylation sites is 1. The molecule has 3 aromatic rings. The highest BCUT2D eigenvalue weighted by Gasteiger charge is 2.23. The fraction of sp³-hybridized carbons (Fsp3) is 0.348. The van der Waals surface area contributed by atoms with Crippen LogP contribution in [0, 0.1) is 0 Å². The lowest BCUT2D eigenvalue weighted by atomic mass is 10.1. The average Bonchev–Trinajstić information content (AvgIpc) is 3.26. The zero-order valence-electron chi connectivity index (χ0n) is 18.4. The van der Waals surface area contributed by atoms with Crippen molar-refractivity contribution in [3.05, 3.63) is 53.9 Å². The highest BCUT2D eigenvalue weighted by Crippen LogP contribution is 2.31. The maximum Gasteiger partial charge on any atom is 0.263 e. The Labute approximate surface area is 181 Å². The number of carbonyl (C=O) groups excluding carboxylic acids is 1. The number of ether oxygens (including phenoxy) is 3. The predicted octanol–water partition coefficient (Wildman–Crippen LogP) is 3.74. The minimum Gasteiger partial charge on any atom is -0.497 e. The summed E-state index contributed by atoms with van der Waals surface area (Å²) in [6, 6.07) is 13.0. The second kappa shape index (κ2) is 9.97. The Morgan fingerprint density at radius 1 is 1.13 bits per heavy atom. The van der Waals surface area contributed by atoms with Crippen molar-refractivity contribution in [2.75, 3.05) is 21.3 Å². The topological polar surface area (TPSA) is 86.9 Å². The molecule has 0 N–H and O–H groups in total. The van der Waals surface area contributed by atoms with Crippen LogP contribution in [0.5, 0.6) is 17.2 Å². The monoisotopic (exact) mass is 425 g/mol. The molecule has 1 amide bonds. The van der Waals surface area contributed by atoms with Gasteiger partial charge in [0.1, 0.15) is 17.2 Å². The van der Waals surface area contributed by atoms with E-state index in [1.54, 1.807) is 46.4 Å². The van der Waals surface area contributed by atoms with Crippen molar-refractivity contribution in [3.63, 3.8) is 0 Å². The summed E-state index contributed by atoms with van der Waals surface area (Å²) in [6.07, 6.45) is 0.175. The molecule has 0 aliphatic rings. The predicted molar refractivity (Wildman–Crippen MR) is 115 cm³/mol. The van der Waals surface area contributed by atoms with Crippen LogP contribution >= 0.6 is 0 Å². The van der Waals surface area contributed by atoms with Crippen molar-refractivity contribution in [2.24, 2.45) is 0 Å². The van der Waals surface area contributed by atoms with Gasteiger partial charge in [0.25, 0.3) is 5.91 Å². The third kappa shape index (κ3) is 5.14. The summed E-state index contributed by atoms with van der Waals surface area (Å²) >= 11 is 0. The van der Waals surface area contributed by atoms with E-state index in [-0.39, 0.29) is 12.5 Å². The number of nitrogens with zero attached hydrogens (tertiary/aromatic N) is 3. The number of hydrogen-bond acceptors (Lipinski definition) is 7. The van der Waals surface area contributed by atoms with Crippen LogP contribution in [-0.2, 0) is 17.8 Å². The summed E-state index contributed by atoms with van der Waals surface area (Å²) in [5, 5.41) is 4.02. The molecule has 0 spiro atoms. The average molecular weight is 425 g/mol. The maximum absolute atomic E-state index is 12.8. The smallest absolute Gasteiger partial charge is 0.263 e. The molecule has 0 saturated heterocycles. The van der Waals surface area contributed by atoms with Gasteiger partial charge in [0.2, 0.25) is 11.7 Å². The van der Waals surface area contributed by atoms with Crippen molar-refractivity contribution in [1.29, 1.82) is 0 Å². The molecule has 1 heterocycles. The van der Waals surface area contributed by atoms with Gasteiger partial charge >= 0.3 is 0 Å². The molecule has 1 atom stereocenters. The molecule has 31 heavy (non-hydrogen) atoms. The quantitative estimate of drug-likeness (QED) is 0.516. The highest BCUT2D eigenvalue weighted by molar-refractivity contribution is 5.80. The zero-order valence-corrected chi connectivity index (χ0v) is 18.4. The minimum atomic E-state index is -0.651. The largest absolute Gasteiger partial charge is 0.497 e. The third-order valence-electron chi connectivity index (χ3n) is 4.87. The van der Waals surface area contributed by atoms with Crippen LogP contribution in [0.4, 0.5) is 0 Å². The molecule has 164 valence electrons. The number of aryl methyl sites for hydroxylation is 1. The van der Waals surface area contributed by atoms with E-state index in [1.165, 1.54) is 4.90 Å². The van der Waals surface area contributed by atoms with E-state index in [4.69, 9.17) is 18.7 Å². The van der Waals surface area contributed by atoms with Gasteiger partial charge in [0.05, 0.1) is 26.3 Å². The Morgan fingerprint density at radius 3 is 2.61 bits per heavy atom. The summed E-state index contributed by atoms with van der Waals surface area (Å²) in [6.45, 7) is 3.94. The maximum atomic E-state index is 12.8. The highest BCUT2D eigenvalue weighted by atomic mass is 16.5. The Bertz CT molecular complexity index is 1030. The van der Waals surface area contributed by atoms with Crippen LogP contribution in [0.15, 0.2) is 47.0 Å². The summed E-state index contributed by atoms with van der Waals surface area (Å²) in [5.41, 5.74) is 1.72. The molecule has 0 aliphatic carbocycles. The number of methoxy groups -OCH3 is 2. The van der Waals surface area contributed by atoms with Gasteiger partial charge < -0.3 is 23.6 Å². The molecule has 2 aromatic carbocycles. The number of hydrogen-bond donors (Lipinski definition) is 0. The van der Waals surface area contributed by atoms with Gasteiger partial charge in [-0.1, -0.05) is 30.3 Å². The fourth-order valence-corrected chi connectivity index (χ4v) is 3.15. The summed E-state index contributed by atoms with van der Waals surface area (Å²) < 4.78 is 21.9. The molecule has 0 fully saturated rings. The SMILES string of the molecule is CCc1ccccc1O[C@H](C)C(=O)N(C)Cc1nc(-c2ccc(OC)cc2OC)no1. The van der Waals surface area contributed by atoms with Gasteiger partial charge in [-0.15, -0.1) is 0 Å². The van der Waals surface area contributed by atoms with Crippen molar-refractivity contribution in [1.82, 2.24) is 15.0 Å². The lowest BCUT2D eigenvalue weighted by molar-refractivity contribution is -0.137. The summed E-state index contributed by atoms with van der Waals surface area (Å²) in [4.78, 5) is 18.7. The van der Waals surface area contributed by atoms with Gasteiger partial charge in [-0.2, -0.15) is 4.98 Å². The Kier molecular flexibility index (Phi) is 7.12. The van der Waals surface area contributed by atoms with Crippen LogP contribution in [0.25, 0.3) is 11.4 Å². The van der Waals surface area contributed by atoms with Crippen molar-refractivity contribution < 1.29 is 23.5 Å². The van der Waals surface area contributed by atoms with E-state index in [2.05, 4.69) is 10.1 Å². The third-order valence-corrected chi connectivity index (χ3v) is 4.87. The van der Waals surface area contributed by atoms with Crippen molar-refractivity contribution in [2.45, 2.75) is 32.9 Å². The molecule has 0 bridgehead atoms. The molecule has 0 radical (unpaired) electrons. The van der Waals surface area contributed by atoms with E-state index >= 15 is 0 Å². The molecule has 0 unspecified atom stereocenters. The van der Waals surface area contributed by atoms with E-state index in [1.807, 2.05) is 31.2 Å². The van der Waals surface area contributed by atoms with Crippen molar-refractivity contribution in [3.8, 4) is 28.6 Å². The van der Waals surface area contributed by atoms with E-state index in [0.717, 1.165) is 12.0 Å². The zero-order chi connectivity index (χ0) is 22.4. The molecule has 8 heteroatoms. The van der Waals surface area contributed by atoms with Crippen molar-refractivity contribution >= 4 is 5.91 Å². The first-order valence-corrected chi connectivity index (χ1v) is 10.0. The Morgan fingerprint density at radius 2 is 1.90 bits per heavy atom. The number of amides is 1. The summed E-state index contributed by atoms with van der Waals surface area (Å²) in [5.74, 6) is 2.43. The number of rotatable bonds is 9. The molecular formula is C23H27N3O5. The van der Waals surface area contributed by atoms with E-state index in [0.29, 0.717) is 34.5 Å². The van der Waals surface area contributed by atoms with Crippen LogP contribution in [-0.4, -0.2) is 48.3 Å². The van der Waals surface area contributed by atoms with Gasteiger partial charge in [-0.25, -0.2) is 0 Å². The number of carbonyl (C=O) groups is 1. The standard InChI is InChI=1S/C23H27N3O5/c1-6-16-9-7-8-10-19(16)30-15(2)23(27)26(3)14-21-24-22(25-31-21)18-12-11-17(28-4)13-20(18)29-5/h7-13,15H,6,14H2,1-5H3/t15-/m1/s1. The number of likely N-dealkylation sites (N-methyl/N-ethyl adjacent to an activating group) is 1. The van der Waals surface area contributed by atoms with Crippen LogP contribution in [0.3, 0.4) is 0 Å². The minimum absolute atomic E-state index is 0.160. The van der Waals surface area contributed by atoms with Crippen LogP contribution < -0.4 is 14.2 Å². The normalized spacial score (nSPS) is 11.6. The van der Waals surface area contributed by atoms with Crippen LogP contribution in [0.1, 0.15) is 25.3 Å². The second-order valence-electron chi connectivity index (χ2n) is 6.99. The molecule has 0 aliphatic heterocycles. The van der Waals surface area contributed by atoms with Crippen LogP contribution in [0.2, 0.25) is 0 Å². The molecule has 3 rings (SSSR count). The van der Waals surface area contributed by atoms with Gasteiger partial charge in [-0.3, -0.25) is 4.79 Å². The van der Waals surface area contributed by atoms with Gasteiger partial charge in [0, 0.05) is 13.1 Å². The fourth-order valence-electron chi connectivity index (χ4n) is 3.15. The Balaban J connectivity index is 1.68. The first kappa shape index (κ1) is 22.1. The lowest BCUT2D eigenvalue weighted by Gasteiger charge is -2.21. The molecule has 0 saturated carbocycles. The first-order valence-electron chi connectivity index (χ1n) is 10.0. The number of aromatic nitrogens is 2. The summed E-state index contributed by atoms with van der Waals surface area (Å²) in [7, 11) is 4.81. The molecule has 8 nitrogen and oxygen atoms in total. The number of benzene rings is 2. The van der Waals surface area contributed by atoms with E-state index < -0.39 is 6.10 Å². The molecule has 1 aromatic heterocycles. The van der Waals surface area contributed by atoms with Gasteiger partial charge in [-0.05, 0) is 37.1 Å². The Hall–Kier alpha value is -3.55. The van der Waals surface area contributed by atoms with Gasteiger partial charge in [0.15, 0.2) is 6.10 Å². The lowest BCUT2D eigenvalue weighted by Crippen LogP contribution is -2.37. The first-order chi connectivity index (χ1) is 15.0. The second-order valence-corrected chi connectivity index (χ2v) is 6.99. The molecular weight excluding hydrogens is 398 g/mol.